The number of benzene rings is 1. The van der Waals surface area contributed by atoms with Gasteiger partial charge in [-0.1, -0.05) is 26.8 Å². The molecule has 1 unspecified atom stereocenters. The van der Waals surface area contributed by atoms with Gasteiger partial charge in [-0.2, -0.15) is 0 Å². The molecule has 0 saturated carbocycles. The zero-order chi connectivity index (χ0) is 15.9. The molecule has 0 amide bonds. The van der Waals surface area contributed by atoms with Crippen LogP contribution in [0.1, 0.15) is 58.6 Å². The second-order valence-corrected chi connectivity index (χ2v) is 5.58. The second-order valence-electron chi connectivity index (χ2n) is 5.58. The van der Waals surface area contributed by atoms with E-state index >= 15 is 0 Å². The zero-order valence-corrected chi connectivity index (χ0v) is 13.6. The number of hydrogen-bond acceptors (Lipinski definition) is 3. The minimum Gasteiger partial charge on any atom is -0.490 e. The van der Waals surface area contributed by atoms with Crippen LogP contribution in [0.25, 0.3) is 0 Å². The van der Waals surface area contributed by atoms with E-state index in [0.717, 1.165) is 18.5 Å². The first-order valence-corrected chi connectivity index (χ1v) is 7.83. The van der Waals surface area contributed by atoms with Crippen LogP contribution in [0.4, 0.5) is 4.39 Å². The highest BCUT2D eigenvalue weighted by atomic mass is 19.1. The van der Waals surface area contributed by atoms with Crippen LogP contribution in [0.2, 0.25) is 0 Å². The predicted octanol–water partition coefficient (Wildman–Crippen LogP) is 3.82. The van der Waals surface area contributed by atoms with Crippen molar-refractivity contribution in [1.29, 1.82) is 0 Å². The van der Waals surface area contributed by atoms with E-state index < -0.39 is 5.60 Å². The Hall–Kier alpha value is -1.13. The Labute approximate surface area is 127 Å². The molecule has 120 valence electrons. The molecule has 2 N–H and O–H groups in total. The molecule has 1 aromatic rings. The van der Waals surface area contributed by atoms with Gasteiger partial charge in [0.05, 0.1) is 5.60 Å². The minimum atomic E-state index is -0.857. The topological polar surface area (TPSA) is 41.5 Å². The van der Waals surface area contributed by atoms with Crippen LogP contribution >= 0.6 is 0 Å². The summed E-state index contributed by atoms with van der Waals surface area (Å²) in [6, 6.07) is 4.66. The molecule has 1 aromatic carbocycles. The standard InChI is InChI=1S/C17H28FNO2/c1-5-10-19-13(4)15-9-8-14(18)11-16(15)21-12-17(20,6-2)7-3/h8-9,11,13,19-20H,5-7,10,12H2,1-4H3. The third-order valence-electron chi connectivity index (χ3n) is 3.96. The van der Waals surface area contributed by atoms with E-state index in [1.807, 2.05) is 20.8 Å². The lowest BCUT2D eigenvalue weighted by Gasteiger charge is -2.26. The first-order valence-electron chi connectivity index (χ1n) is 7.83. The maximum atomic E-state index is 13.5. The Balaban J connectivity index is 2.86. The summed E-state index contributed by atoms with van der Waals surface area (Å²) in [4.78, 5) is 0. The third-order valence-corrected chi connectivity index (χ3v) is 3.96. The first-order chi connectivity index (χ1) is 9.95. The van der Waals surface area contributed by atoms with Crippen molar-refractivity contribution < 1.29 is 14.2 Å². The molecule has 4 heteroatoms. The lowest BCUT2D eigenvalue weighted by molar-refractivity contribution is -0.0118. The highest BCUT2D eigenvalue weighted by Crippen LogP contribution is 2.28. The number of rotatable bonds is 9. The number of nitrogens with one attached hydrogen (secondary N) is 1. The summed E-state index contributed by atoms with van der Waals surface area (Å²) < 4.78 is 19.2. The Morgan fingerprint density at radius 2 is 1.95 bits per heavy atom. The monoisotopic (exact) mass is 297 g/mol. The summed E-state index contributed by atoms with van der Waals surface area (Å²) in [7, 11) is 0. The van der Waals surface area contributed by atoms with Gasteiger partial charge in [-0.15, -0.1) is 0 Å². The molecule has 0 spiro atoms. The molecule has 0 heterocycles. The maximum absolute atomic E-state index is 13.5. The summed E-state index contributed by atoms with van der Waals surface area (Å²) in [5.41, 5.74) is 0.0586. The SMILES string of the molecule is CCCNC(C)c1ccc(F)cc1OCC(O)(CC)CC. The summed E-state index contributed by atoms with van der Waals surface area (Å²) >= 11 is 0. The molecular weight excluding hydrogens is 269 g/mol. The van der Waals surface area contributed by atoms with Gasteiger partial charge in [0.15, 0.2) is 0 Å². The quantitative estimate of drug-likeness (QED) is 0.728. The fourth-order valence-electron chi connectivity index (χ4n) is 2.13. The lowest BCUT2D eigenvalue weighted by atomic mass is 9.99. The van der Waals surface area contributed by atoms with Gasteiger partial charge >= 0.3 is 0 Å². The minimum absolute atomic E-state index is 0.0805. The molecule has 1 rings (SSSR count). The van der Waals surface area contributed by atoms with E-state index in [2.05, 4.69) is 12.2 Å². The highest BCUT2D eigenvalue weighted by molar-refractivity contribution is 5.36. The molecule has 0 aliphatic heterocycles. The van der Waals surface area contributed by atoms with Gasteiger partial charge in [-0.25, -0.2) is 4.39 Å². The largest absolute Gasteiger partial charge is 0.490 e. The van der Waals surface area contributed by atoms with Crippen molar-refractivity contribution in [3.05, 3.63) is 29.6 Å². The van der Waals surface area contributed by atoms with Crippen molar-refractivity contribution in [1.82, 2.24) is 5.32 Å². The van der Waals surface area contributed by atoms with Crippen molar-refractivity contribution in [3.63, 3.8) is 0 Å². The fourth-order valence-corrected chi connectivity index (χ4v) is 2.13. The molecule has 0 bridgehead atoms. The Morgan fingerprint density at radius 3 is 2.52 bits per heavy atom. The van der Waals surface area contributed by atoms with Gasteiger partial charge in [0, 0.05) is 17.7 Å². The van der Waals surface area contributed by atoms with Crippen molar-refractivity contribution in [2.45, 2.75) is 58.6 Å². The van der Waals surface area contributed by atoms with Crippen molar-refractivity contribution in [2.75, 3.05) is 13.2 Å². The van der Waals surface area contributed by atoms with Gasteiger partial charge in [-0.05, 0) is 38.8 Å². The number of aliphatic hydroxyl groups is 1. The lowest BCUT2D eigenvalue weighted by Crippen LogP contribution is -2.34. The van der Waals surface area contributed by atoms with Crippen molar-refractivity contribution in [2.24, 2.45) is 0 Å². The van der Waals surface area contributed by atoms with E-state index in [9.17, 15) is 9.50 Å². The van der Waals surface area contributed by atoms with E-state index in [1.54, 1.807) is 6.07 Å². The van der Waals surface area contributed by atoms with Gasteiger partial charge in [-0.3, -0.25) is 0 Å². The normalized spacial score (nSPS) is 13.2. The molecule has 1 atom stereocenters. The van der Waals surface area contributed by atoms with Crippen molar-refractivity contribution in [3.8, 4) is 5.75 Å². The van der Waals surface area contributed by atoms with Crippen LogP contribution in [0.3, 0.4) is 0 Å². The van der Waals surface area contributed by atoms with Crippen LogP contribution in [-0.2, 0) is 0 Å². The van der Waals surface area contributed by atoms with Crippen LogP contribution in [-0.4, -0.2) is 23.9 Å². The number of ether oxygens (including phenoxy) is 1. The Kier molecular flexibility index (Phi) is 7.12. The Bertz CT molecular complexity index is 433. The molecule has 0 aliphatic rings. The van der Waals surface area contributed by atoms with Crippen LogP contribution in [0, 0.1) is 5.82 Å². The molecule has 0 aromatic heterocycles. The van der Waals surface area contributed by atoms with Gasteiger partial charge < -0.3 is 15.2 Å². The molecule has 0 fully saturated rings. The average Bonchev–Trinajstić information content (AvgIpc) is 2.50. The van der Waals surface area contributed by atoms with Crippen LogP contribution < -0.4 is 10.1 Å². The first kappa shape index (κ1) is 17.9. The summed E-state index contributed by atoms with van der Waals surface area (Å²) in [5.74, 6) is 0.180. The van der Waals surface area contributed by atoms with E-state index in [0.29, 0.717) is 18.6 Å². The highest BCUT2D eigenvalue weighted by Gasteiger charge is 2.24. The maximum Gasteiger partial charge on any atom is 0.127 e. The van der Waals surface area contributed by atoms with Gasteiger partial charge in [0.1, 0.15) is 18.2 Å². The van der Waals surface area contributed by atoms with E-state index in [-0.39, 0.29) is 18.5 Å². The molecule has 21 heavy (non-hydrogen) atoms. The van der Waals surface area contributed by atoms with Crippen LogP contribution in [0.15, 0.2) is 18.2 Å². The predicted molar refractivity (Wildman–Crippen MR) is 84.1 cm³/mol. The number of halogens is 1. The number of hydrogen-bond donors (Lipinski definition) is 2. The molecule has 0 aliphatic carbocycles. The fraction of sp³-hybridized carbons (Fsp3) is 0.647. The molecule has 3 nitrogen and oxygen atoms in total. The van der Waals surface area contributed by atoms with E-state index in [4.69, 9.17) is 4.74 Å². The van der Waals surface area contributed by atoms with Crippen LogP contribution in [0.5, 0.6) is 5.75 Å². The zero-order valence-electron chi connectivity index (χ0n) is 13.6. The summed E-state index contributed by atoms with van der Waals surface area (Å²) in [5, 5.41) is 13.7. The molecular formula is C17H28FNO2. The van der Waals surface area contributed by atoms with Gasteiger partial charge in [0.25, 0.3) is 0 Å². The smallest absolute Gasteiger partial charge is 0.127 e. The summed E-state index contributed by atoms with van der Waals surface area (Å²) in [6.45, 7) is 9.05. The average molecular weight is 297 g/mol. The second kappa shape index (κ2) is 8.35. The van der Waals surface area contributed by atoms with Gasteiger partial charge in [0.2, 0.25) is 0 Å². The third kappa shape index (κ3) is 5.29. The van der Waals surface area contributed by atoms with E-state index in [1.165, 1.54) is 12.1 Å². The Morgan fingerprint density at radius 1 is 1.29 bits per heavy atom. The molecule has 0 saturated heterocycles. The summed E-state index contributed by atoms with van der Waals surface area (Å²) in [6.07, 6.45) is 2.25. The van der Waals surface area contributed by atoms with Crippen molar-refractivity contribution >= 4 is 0 Å². The molecule has 0 radical (unpaired) electrons.